The second kappa shape index (κ2) is 6.49. The molecule has 1 unspecified atom stereocenters. The number of hydrogen-bond donors (Lipinski definition) is 1. The van der Waals surface area contributed by atoms with Gasteiger partial charge in [0.25, 0.3) is 0 Å². The van der Waals surface area contributed by atoms with E-state index in [0.717, 1.165) is 38.4 Å². The summed E-state index contributed by atoms with van der Waals surface area (Å²) in [6, 6.07) is 0.321. The Balaban J connectivity index is 1.99. The van der Waals surface area contributed by atoms with Gasteiger partial charge < -0.3 is 15.1 Å². The van der Waals surface area contributed by atoms with E-state index < -0.39 is 0 Å². The lowest BCUT2D eigenvalue weighted by Crippen LogP contribution is -2.48. The van der Waals surface area contributed by atoms with Crippen molar-refractivity contribution in [3.63, 3.8) is 0 Å². The van der Waals surface area contributed by atoms with E-state index in [0.29, 0.717) is 12.0 Å². The zero-order valence-corrected chi connectivity index (χ0v) is 12.3. The first-order chi connectivity index (χ1) is 9.60. The first-order valence-electron chi connectivity index (χ1n) is 7.07. The molecule has 0 aromatic carbocycles. The lowest BCUT2D eigenvalue weighted by atomic mass is 10.3. The summed E-state index contributed by atoms with van der Waals surface area (Å²) < 4.78 is 0. The Hall–Kier alpha value is -1.92. The summed E-state index contributed by atoms with van der Waals surface area (Å²) >= 11 is 0. The van der Waals surface area contributed by atoms with Crippen molar-refractivity contribution in [1.82, 2.24) is 20.1 Å². The first-order valence-corrected chi connectivity index (χ1v) is 7.07. The molecule has 0 aliphatic carbocycles. The van der Waals surface area contributed by atoms with E-state index in [1.54, 1.807) is 13.1 Å². The number of piperazine rings is 1. The summed E-state index contributed by atoms with van der Waals surface area (Å²) in [6.45, 7) is 8.82. The molecule has 1 aliphatic rings. The molecule has 0 spiro atoms. The minimum Gasteiger partial charge on any atom is -0.352 e. The highest BCUT2D eigenvalue weighted by Gasteiger charge is 2.20. The predicted octanol–water partition coefficient (Wildman–Crippen LogP) is 0.750. The fraction of sp³-hybridized carbons (Fsp3) is 0.692. The van der Waals surface area contributed by atoms with Crippen LogP contribution in [0.2, 0.25) is 0 Å². The predicted molar refractivity (Wildman–Crippen MR) is 77.7 cm³/mol. The van der Waals surface area contributed by atoms with Crippen LogP contribution in [0.4, 0.5) is 11.8 Å². The molecule has 1 aromatic heterocycles. The minimum atomic E-state index is 0.129. The number of carbonyl (C=O) groups excluding carboxylic acids is 1. The van der Waals surface area contributed by atoms with Crippen LogP contribution < -0.4 is 10.2 Å². The van der Waals surface area contributed by atoms with Gasteiger partial charge in [-0.3, -0.25) is 4.79 Å². The molecule has 2 rings (SSSR count). The standard InChI is InChI=1S/C13H22N6O/c1-4-10(2)15-13-16-12(9-14-17-13)19-7-5-18(6-8-19)11(3)20/h9-10H,4-8H2,1-3H3,(H,15,16,17). The summed E-state index contributed by atoms with van der Waals surface area (Å²) in [5.41, 5.74) is 0. The van der Waals surface area contributed by atoms with Gasteiger partial charge in [0, 0.05) is 39.1 Å². The van der Waals surface area contributed by atoms with Gasteiger partial charge in [-0.1, -0.05) is 6.92 Å². The molecule has 1 N–H and O–H groups in total. The van der Waals surface area contributed by atoms with Crippen LogP contribution in [0.3, 0.4) is 0 Å². The van der Waals surface area contributed by atoms with Gasteiger partial charge >= 0.3 is 0 Å². The molecule has 0 bridgehead atoms. The molecule has 7 nitrogen and oxygen atoms in total. The number of anilines is 2. The fourth-order valence-corrected chi connectivity index (χ4v) is 2.08. The Kier molecular flexibility index (Phi) is 4.70. The van der Waals surface area contributed by atoms with E-state index >= 15 is 0 Å². The van der Waals surface area contributed by atoms with Gasteiger partial charge in [-0.2, -0.15) is 10.1 Å². The molecule has 1 fully saturated rings. The van der Waals surface area contributed by atoms with Crippen molar-refractivity contribution in [2.24, 2.45) is 0 Å². The number of nitrogens with one attached hydrogen (secondary N) is 1. The Bertz CT molecular complexity index is 458. The molecule has 0 saturated carbocycles. The van der Waals surface area contributed by atoms with Crippen LogP contribution in [-0.2, 0) is 4.79 Å². The summed E-state index contributed by atoms with van der Waals surface area (Å²) in [5.74, 6) is 1.50. The molecule has 7 heteroatoms. The van der Waals surface area contributed by atoms with Gasteiger partial charge in [0.2, 0.25) is 11.9 Å². The molecule has 2 heterocycles. The fourth-order valence-electron chi connectivity index (χ4n) is 2.08. The van der Waals surface area contributed by atoms with Crippen LogP contribution >= 0.6 is 0 Å². The van der Waals surface area contributed by atoms with Crippen LogP contribution in [0, 0.1) is 0 Å². The van der Waals surface area contributed by atoms with E-state index in [1.807, 2.05) is 4.90 Å². The molecule has 110 valence electrons. The zero-order valence-electron chi connectivity index (χ0n) is 12.3. The van der Waals surface area contributed by atoms with E-state index in [2.05, 4.69) is 39.2 Å². The van der Waals surface area contributed by atoms with Crippen LogP contribution in [-0.4, -0.2) is 58.2 Å². The second-order valence-corrected chi connectivity index (χ2v) is 5.08. The van der Waals surface area contributed by atoms with Gasteiger partial charge in [0.15, 0.2) is 5.82 Å². The molecule has 1 saturated heterocycles. The van der Waals surface area contributed by atoms with Crippen molar-refractivity contribution >= 4 is 17.7 Å². The third-order valence-corrected chi connectivity index (χ3v) is 3.58. The highest BCUT2D eigenvalue weighted by molar-refractivity contribution is 5.73. The summed E-state index contributed by atoms with van der Waals surface area (Å²) in [5, 5.41) is 11.2. The van der Waals surface area contributed by atoms with Crippen molar-refractivity contribution in [2.75, 3.05) is 36.4 Å². The SMILES string of the molecule is CCC(C)Nc1nncc(N2CCN(C(C)=O)CC2)n1. The van der Waals surface area contributed by atoms with E-state index in [4.69, 9.17) is 0 Å². The normalized spacial score (nSPS) is 16.9. The third-order valence-electron chi connectivity index (χ3n) is 3.58. The Morgan fingerprint density at radius 1 is 1.40 bits per heavy atom. The number of hydrogen-bond acceptors (Lipinski definition) is 6. The Labute approximate surface area is 119 Å². The van der Waals surface area contributed by atoms with E-state index in [1.165, 1.54) is 0 Å². The number of aromatic nitrogens is 3. The number of amides is 1. The monoisotopic (exact) mass is 278 g/mol. The maximum absolute atomic E-state index is 11.3. The zero-order chi connectivity index (χ0) is 14.5. The summed E-state index contributed by atoms with van der Waals surface area (Å²) in [4.78, 5) is 19.8. The first kappa shape index (κ1) is 14.5. The molecule has 1 amide bonds. The topological polar surface area (TPSA) is 74.2 Å². The molecular weight excluding hydrogens is 256 g/mol. The summed E-state index contributed by atoms with van der Waals surface area (Å²) in [7, 11) is 0. The third kappa shape index (κ3) is 3.55. The smallest absolute Gasteiger partial charge is 0.244 e. The maximum Gasteiger partial charge on any atom is 0.244 e. The van der Waals surface area contributed by atoms with Crippen LogP contribution in [0.5, 0.6) is 0 Å². The van der Waals surface area contributed by atoms with Crippen molar-refractivity contribution in [1.29, 1.82) is 0 Å². The van der Waals surface area contributed by atoms with Gasteiger partial charge in [0.1, 0.15) is 0 Å². The Morgan fingerprint density at radius 3 is 2.70 bits per heavy atom. The van der Waals surface area contributed by atoms with Crippen LogP contribution in [0.25, 0.3) is 0 Å². The van der Waals surface area contributed by atoms with Crippen molar-refractivity contribution in [3.05, 3.63) is 6.20 Å². The van der Waals surface area contributed by atoms with Crippen molar-refractivity contribution in [3.8, 4) is 0 Å². The lowest BCUT2D eigenvalue weighted by molar-refractivity contribution is -0.129. The van der Waals surface area contributed by atoms with Gasteiger partial charge in [-0.15, -0.1) is 5.10 Å². The van der Waals surface area contributed by atoms with E-state index in [9.17, 15) is 4.79 Å². The molecule has 20 heavy (non-hydrogen) atoms. The molecule has 1 atom stereocenters. The number of rotatable bonds is 4. The van der Waals surface area contributed by atoms with Crippen LogP contribution in [0.15, 0.2) is 6.20 Å². The molecule has 1 aliphatic heterocycles. The highest BCUT2D eigenvalue weighted by atomic mass is 16.2. The lowest BCUT2D eigenvalue weighted by Gasteiger charge is -2.34. The number of nitrogens with zero attached hydrogens (tertiary/aromatic N) is 5. The minimum absolute atomic E-state index is 0.129. The molecular formula is C13H22N6O. The van der Waals surface area contributed by atoms with Crippen molar-refractivity contribution in [2.45, 2.75) is 33.2 Å². The van der Waals surface area contributed by atoms with Gasteiger partial charge in [-0.05, 0) is 13.3 Å². The second-order valence-electron chi connectivity index (χ2n) is 5.08. The Morgan fingerprint density at radius 2 is 2.10 bits per heavy atom. The average Bonchev–Trinajstić information content (AvgIpc) is 2.47. The van der Waals surface area contributed by atoms with Crippen LogP contribution in [0.1, 0.15) is 27.2 Å². The maximum atomic E-state index is 11.3. The highest BCUT2D eigenvalue weighted by Crippen LogP contribution is 2.14. The summed E-state index contributed by atoms with van der Waals surface area (Å²) in [6.07, 6.45) is 2.68. The number of carbonyl (C=O) groups is 1. The largest absolute Gasteiger partial charge is 0.352 e. The average molecular weight is 278 g/mol. The van der Waals surface area contributed by atoms with Crippen molar-refractivity contribution < 1.29 is 4.79 Å². The van der Waals surface area contributed by atoms with Gasteiger partial charge in [0.05, 0.1) is 6.20 Å². The quantitative estimate of drug-likeness (QED) is 0.876. The molecule has 0 radical (unpaired) electrons. The van der Waals surface area contributed by atoms with E-state index in [-0.39, 0.29) is 5.91 Å². The molecule has 1 aromatic rings. The van der Waals surface area contributed by atoms with Gasteiger partial charge in [-0.25, -0.2) is 0 Å².